The number of anilines is 1. The molecule has 2 aromatic rings. The minimum Gasteiger partial charge on any atom is -0.497 e. The highest BCUT2D eigenvalue weighted by atomic mass is 32.1. The summed E-state index contributed by atoms with van der Waals surface area (Å²) < 4.78 is 10.5. The van der Waals surface area contributed by atoms with E-state index in [9.17, 15) is 9.59 Å². The molecule has 6 heteroatoms. The third-order valence-corrected chi connectivity index (χ3v) is 4.73. The molecule has 0 spiro atoms. The van der Waals surface area contributed by atoms with E-state index >= 15 is 0 Å². The fourth-order valence-electron chi connectivity index (χ4n) is 2.52. The Morgan fingerprint density at radius 3 is 2.60 bits per heavy atom. The average molecular weight is 361 g/mol. The first kappa shape index (κ1) is 19.0. The Kier molecular flexibility index (Phi) is 6.20. The van der Waals surface area contributed by atoms with Crippen LogP contribution >= 0.6 is 11.3 Å². The van der Waals surface area contributed by atoms with Crippen LogP contribution < -0.4 is 10.1 Å². The van der Waals surface area contributed by atoms with Crippen molar-refractivity contribution in [1.82, 2.24) is 0 Å². The normalized spacial score (nSPS) is 10.6. The average Bonchev–Trinajstić information content (AvgIpc) is 2.89. The number of nitrogens with one attached hydrogen (secondary N) is 1. The fourth-order valence-corrected chi connectivity index (χ4v) is 3.65. The topological polar surface area (TPSA) is 64.6 Å². The first-order valence-corrected chi connectivity index (χ1v) is 8.97. The first-order valence-electron chi connectivity index (χ1n) is 8.16. The molecule has 25 heavy (non-hydrogen) atoms. The summed E-state index contributed by atoms with van der Waals surface area (Å²) in [5.41, 5.74) is 1.83. The van der Waals surface area contributed by atoms with Crippen molar-refractivity contribution in [2.45, 2.75) is 40.2 Å². The molecule has 1 amide bonds. The van der Waals surface area contributed by atoms with Gasteiger partial charge in [-0.2, -0.15) is 0 Å². The van der Waals surface area contributed by atoms with Crippen molar-refractivity contribution >= 4 is 28.2 Å². The molecule has 0 fully saturated rings. The van der Waals surface area contributed by atoms with Gasteiger partial charge in [-0.05, 0) is 51.0 Å². The molecule has 0 aliphatic rings. The van der Waals surface area contributed by atoms with Gasteiger partial charge in [0.1, 0.15) is 10.8 Å². The Bertz CT molecular complexity index is 780. The quantitative estimate of drug-likeness (QED) is 0.772. The van der Waals surface area contributed by atoms with Crippen LogP contribution in [0.25, 0.3) is 0 Å². The van der Waals surface area contributed by atoms with Gasteiger partial charge in [-0.25, -0.2) is 4.79 Å². The van der Waals surface area contributed by atoms with E-state index < -0.39 is 5.97 Å². The third-order valence-electron chi connectivity index (χ3n) is 3.67. The van der Waals surface area contributed by atoms with Gasteiger partial charge in [0.05, 0.1) is 18.8 Å². The van der Waals surface area contributed by atoms with E-state index in [-0.39, 0.29) is 12.0 Å². The van der Waals surface area contributed by atoms with Crippen molar-refractivity contribution in [3.8, 4) is 5.75 Å². The molecule has 1 aromatic heterocycles. The summed E-state index contributed by atoms with van der Waals surface area (Å²) in [5, 5.41) is 3.37. The maximum Gasteiger partial charge on any atom is 0.341 e. The van der Waals surface area contributed by atoms with Crippen LogP contribution in [-0.2, 0) is 11.2 Å². The van der Waals surface area contributed by atoms with Crippen molar-refractivity contribution in [3.05, 3.63) is 45.8 Å². The molecule has 134 valence electrons. The number of carbonyl (C=O) groups is 2. The molecule has 0 atom stereocenters. The number of amides is 1. The van der Waals surface area contributed by atoms with E-state index in [1.165, 1.54) is 11.3 Å². The molecule has 0 bridgehead atoms. The molecule has 0 aliphatic carbocycles. The minimum atomic E-state index is -0.405. The van der Waals surface area contributed by atoms with Crippen LogP contribution in [0, 0.1) is 6.92 Å². The van der Waals surface area contributed by atoms with Crippen molar-refractivity contribution in [3.63, 3.8) is 0 Å². The number of hydrogen-bond acceptors (Lipinski definition) is 5. The van der Waals surface area contributed by atoms with Crippen LogP contribution in [0.15, 0.2) is 24.3 Å². The van der Waals surface area contributed by atoms with Gasteiger partial charge in [0.25, 0.3) is 5.91 Å². The highest BCUT2D eigenvalue weighted by molar-refractivity contribution is 7.16. The Morgan fingerprint density at radius 1 is 1.28 bits per heavy atom. The predicted octanol–water partition coefficient (Wildman–Crippen LogP) is 4.45. The molecule has 0 radical (unpaired) electrons. The zero-order valence-corrected chi connectivity index (χ0v) is 16.0. The summed E-state index contributed by atoms with van der Waals surface area (Å²) in [6.45, 7) is 7.53. The van der Waals surface area contributed by atoms with Crippen LogP contribution in [0.3, 0.4) is 0 Å². The fraction of sp³-hybridized carbons (Fsp3) is 0.368. The molecule has 1 N–H and O–H groups in total. The van der Waals surface area contributed by atoms with E-state index in [4.69, 9.17) is 9.47 Å². The largest absolute Gasteiger partial charge is 0.497 e. The van der Waals surface area contributed by atoms with Crippen molar-refractivity contribution < 1.29 is 19.1 Å². The lowest BCUT2D eigenvalue weighted by molar-refractivity contribution is 0.0378. The van der Waals surface area contributed by atoms with E-state index in [2.05, 4.69) is 5.32 Å². The lowest BCUT2D eigenvalue weighted by atomic mass is 10.1. The maximum atomic E-state index is 12.6. The number of aryl methyl sites for hydroxylation is 1. The van der Waals surface area contributed by atoms with E-state index in [1.807, 2.05) is 13.8 Å². The first-order chi connectivity index (χ1) is 11.9. The second-order valence-corrected chi connectivity index (χ2v) is 7.06. The summed E-state index contributed by atoms with van der Waals surface area (Å²) in [6, 6.07) is 6.87. The SMILES string of the molecule is CCc1c(C)sc(NC(=O)c2cccc(OC)c2)c1C(=O)OC(C)C. The molecule has 0 saturated heterocycles. The van der Waals surface area contributed by atoms with E-state index in [0.29, 0.717) is 28.3 Å². The standard InChI is InChI=1S/C19H23NO4S/c1-6-15-12(4)25-18(16(15)19(22)24-11(2)3)20-17(21)13-8-7-9-14(10-13)23-5/h7-11H,6H2,1-5H3,(H,20,21). The highest BCUT2D eigenvalue weighted by Gasteiger charge is 2.24. The van der Waals surface area contributed by atoms with Crippen LogP contribution in [0.5, 0.6) is 5.75 Å². The van der Waals surface area contributed by atoms with Crippen LogP contribution in [0.1, 0.15) is 51.9 Å². The lowest BCUT2D eigenvalue weighted by Crippen LogP contribution is -2.17. The van der Waals surface area contributed by atoms with Crippen molar-refractivity contribution in [2.24, 2.45) is 0 Å². The zero-order chi connectivity index (χ0) is 18.6. The van der Waals surface area contributed by atoms with Gasteiger partial charge in [-0.3, -0.25) is 4.79 Å². The van der Waals surface area contributed by atoms with E-state index in [1.54, 1.807) is 45.2 Å². The minimum absolute atomic E-state index is 0.223. The van der Waals surface area contributed by atoms with Gasteiger partial charge >= 0.3 is 5.97 Å². The lowest BCUT2D eigenvalue weighted by Gasteiger charge is -2.11. The number of carbonyl (C=O) groups excluding carboxylic acids is 2. The van der Waals surface area contributed by atoms with E-state index in [0.717, 1.165) is 10.4 Å². The van der Waals surface area contributed by atoms with Gasteiger partial charge in [-0.15, -0.1) is 11.3 Å². The smallest absolute Gasteiger partial charge is 0.341 e. The Labute approximate surface area is 152 Å². The molecular weight excluding hydrogens is 338 g/mol. The maximum absolute atomic E-state index is 12.6. The Hall–Kier alpha value is -2.34. The van der Waals surface area contributed by atoms with Gasteiger partial charge in [0.15, 0.2) is 0 Å². The molecule has 0 unspecified atom stereocenters. The van der Waals surface area contributed by atoms with Crippen LogP contribution in [0.2, 0.25) is 0 Å². The number of benzene rings is 1. The zero-order valence-electron chi connectivity index (χ0n) is 15.1. The summed E-state index contributed by atoms with van der Waals surface area (Å²) in [5.74, 6) is -0.0951. The summed E-state index contributed by atoms with van der Waals surface area (Å²) in [6.07, 6.45) is 0.472. The number of esters is 1. The second-order valence-electron chi connectivity index (χ2n) is 5.83. The van der Waals surface area contributed by atoms with Gasteiger partial charge in [0, 0.05) is 10.4 Å². The van der Waals surface area contributed by atoms with Crippen molar-refractivity contribution in [1.29, 1.82) is 0 Å². The highest BCUT2D eigenvalue weighted by Crippen LogP contribution is 2.34. The van der Waals surface area contributed by atoms with Gasteiger partial charge in [-0.1, -0.05) is 13.0 Å². The summed E-state index contributed by atoms with van der Waals surface area (Å²) in [4.78, 5) is 26.1. The monoisotopic (exact) mass is 361 g/mol. The van der Waals surface area contributed by atoms with Crippen LogP contribution in [0.4, 0.5) is 5.00 Å². The summed E-state index contributed by atoms with van der Waals surface area (Å²) >= 11 is 1.39. The molecule has 5 nitrogen and oxygen atoms in total. The predicted molar refractivity (Wildman–Crippen MR) is 99.9 cm³/mol. The number of methoxy groups -OCH3 is 1. The molecule has 1 heterocycles. The molecule has 0 saturated carbocycles. The van der Waals surface area contributed by atoms with Gasteiger partial charge < -0.3 is 14.8 Å². The van der Waals surface area contributed by atoms with Crippen LogP contribution in [-0.4, -0.2) is 25.1 Å². The Morgan fingerprint density at radius 2 is 2.00 bits per heavy atom. The number of hydrogen-bond donors (Lipinski definition) is 1. The molecular formula is C19H23NO4S. The molecule has 1 aromatic carbocycles. The number of thiophene rings is 1. The summed E-state index contributed by atoms with van der Waals surface area (Å²) in [7, 11) is 1.55. The third kappa shape index (κ3) is 4.39. The molecule has 2 rings (SSSR count). The van der Waals surface area contributed by atoms with Gasteiger partial charge in [0.2, 0.25) is 0 Å². The van der Waals surface area contributed by atoms with Crippen molar-refractivity contribution in [2.75, 3.05) is 12.4 Å². The number of ether oxygens (including phenoxy) is 2. The molecule has 0 aliphatic heterocycles. The Balaban J connectivity index is 2.35. The second kappa shape index (κ2) is 8.16. The number of rotatable bonds is 6.